The Morgan fingerprint density at radius 1 is 0.661 bits per heavy atom. The summed E-state index contributed by atoms with van der Waals surface area (Å²) in [6, 6.07) is 47.1. The van der Waals surface area contributed by atoms with Gasteiger partial charge in [-0.3, -0.25) is 9.55 Å². The first kappa shape index (κ1) is 38.9. The number of rotatable bonds is 8. The number of aromatic hydroxyl groups is 1. The average molecular weight is 956 g/mol. The first-order chi connectivity index (χ1) is 28.3. The van der Waals surface area contributed by atoms with Crippen molar-refractivity contribution >= 4 is 11.0 Å². The van der Waals surface area contributed by atoms with Crippen LogP contribution in [0.3, 0.4) is 0 Å². The van der Waals surface area contributed by atoms with Crippen LogP contribution in [0.5, 0.6) is 5.75 Å². The van der Waals surface area contributed by atoms with Gasteiger partial charge in [0, 0.05) is 35.7 Å². The van der Waals surface area contributed by atoms with Crippen LogP contribution in [-0.2, 0) is 26.5 Å². The molecule has 0 saturated carbocycles. The van der Waals surface area contributed by atoms with Crippen LogP contribution in [0.2, 0.25) is 0 Å². The van der Waals surface area contributed by atoms with Gasteiger partial charge in [-0.1, -0.05) is 144 Å². The van der Waals surface area contributed by atoms with E-state index < -0.39 is 11.8 Å². The summed E-state index contributed by atoms with van der Waals surface area (Å²) in [4.78, 5) is 10.2. The molecule has 5 heteroatoms. The summed E-state index contributed by atoms with van der Waals surface area (Å²) in [5.74, 6) is -0.870. The Labute approximate surface area is 367 Å². The third-order valence-electron chi connectivity index (χ3n) is 11.1. The first-order valence-electron chi connectivity index (χ1n) is 21.0. The second-order valence-corrected chi connectivity index (χ2v) is 17.0. The number of aryl methyl sites for hydroxylation is 2. The minimum Gasteiger partial charge on any atom is -0.507 e. The molecule has 300 valence electrons. The van der Waals surface area contributed by atoms with Crippen LogP contribution in [0, 0.1) is 19.9 Å². The third-order valence-corrected chi connectivity index (χ3v) is 11.1. The third kappa shape index (κ3) is 8.34. The zero-order valence-electron chi connectivity index (χ0n) is 37.3. The summed E-state index contributed by atoms with van der Waals surface area (Å²) in [5, 5.41) is 11.3. The summed E-state index contributed by atoms with van der Waals surface area (Å²) in [6.07, 6.45) is 1.87. The number of benzene rings is 6. The van der Waals surface area contributed by atoms with Crippen molar-refractivity contribution in [2.45, 2.75) is 79.5 Å². The number of phenolic OH excluding ortho intramolecular Hbond substituents is 1. The Morgan fingerprint density at radius 2 is 1.31 bits per heavy atom. The van der Waals surface area contributed by atoms with Crippen molar-refractivity contribution in [2.75, 3.05) is 0 Å². The number of nitrogens with zero attached hydrogens (tertiary/aromatic N) is 3. The zero-order chi connectivity index (χ0) is 42.7. The molecule has 0 saturated heterocycles. The summed E-state index contributed by atoms with van der Waals surface area (Å²) in [7, 11) is 0. The van der Waals surface area contributed by atoms with Crippen LogP contribution < -0.4 is 0 Å². The number of para-hydroxylation sites is 2. The van der Waals surface area contributed by atoms with E-state index in [4.69, 9.17) is 12.7 Å². The molecule has 0 atom stereocenters. The number of imidazole rings is 1. The maximum absolute atomic E-state index is 11.3. The van der Waals surface area contributed by atoms with E-state index in [2.05, 4.69) is 142 Å². The van der Waals surface area contributed by atoms with Crippen molar-refractivity contribution in [1.29, 1.82) is 0 Å². The molecular formula is C54H52N3OPt-. The van der Waals surface area contributed by atoms with E-state index in [1.165, 1.54) is 5.56 Å². The van der Waals surface area contributed by atoms with Gasteiger partial charge in [-0.15, -0.1) is 29.3 Å². The van der Waals surface area contributed by atoms with Gasteiger partial charge in [0.1, 0.15) is 11.6 Å². The van der Waals surface area contributed by atoms with Gasteiger partial charge in [0.2, 0.25) is 0 Å². The molecule has 0 unspecified atom stereocenters. The Bertz CT molecular complexity index is 2880. The molecule has 0 radical (unpaired) electrons. The van der Waals surface area contributed by atoms with E-state index in [0.29, 0.717) is 11.4 Å². The Kier molecular flexibility index (Phi) is 10.9. The summed E-state index contributed by atoms with van der Waals surface area (Å²) in [5.41, 5.74) is 16.0. The Balaban J connectivity index is 0.00000561. The van der Waals surface area contributed by atoms with E-state index in [1.807, 2.05) is 58.2 Å². The molecule has 0 fully saturated rings. The predicted octanol–water partition coefficient (Wildman–Crippen LogP) is 14.4. The summed E-state index contributed by atoms with van der Waals surface area (Å²) < 4.78 is 19.8. The van der Waals surface area contributed by atoms with Gasteiger partial charge in [0.15, 0.2) is 0 Å². The molecule has 8 rings (SSSR count). The molecule has 0 aliphatic heterocycles. The van der Waals surface area contributed by atoms with E-state index in [9.17, 15) is 5.11 Å². The van der Waals surface area contributed by atoms with Gasteiger partial charge in [-0.05, 0) is 106 Å². The van der Waals surface area contributed by atoms with Gasteiger partial charge >= 0.3 is 0 Å². The van der Waals surface area contributed by atoms with E-state index in [1.54, 1.807) is 6.07 Å². The van der Waals surface area contributed by atoms with Crippen molar-refractivity contribution in [1.82, 2.24) is 14.5 Å². The number of aromatic nitrogens is 3. The molecular weight excluding hydrogens is 902 g/mol. The Morgan fingerprint density at radius 3 is 1.97 bits per heavy atom. The average Bonchev–Trinajstić information content (AvgIpc) is 3.59. The number of hydrogen-bond acceptors (Lipinski definition) is 3. The molecule has 0 aliphatic rings. The summed E-state index contributed by atoms with van der Waals surface area (Å²) in [6.45, 7) is 18.4. The normalized spacial score (nSPS) is 12.6. The van der Waals surface area contributed by atoms with Gasteiger partial charge in [-0.2, -0.15) is 0 Å². The molecule has 6 aromatic carbocycles. The number of phenols is 1. The molecule has 0 spiro atoms. The molecule has 0 amide bonds. The fourth-order valence-electron chi connectivity index (χ4n) is 7.65. The predicted molar refractivity (Wildman–Crippen MR) is 243 cm³/mol. The van der Waals surface area contributed by atoms with Gasteiger partial charge in [0.25, 0.3) is 0 Å². The van der Waals surface area contributed by atoms with Crippen molar-refractivity contribution in [2.24, 2.45) is 0 Å². The quantitative estimate of drug-likeness (QED) is 0.154. The minimum atomic E-state index is -0.822. The van der Waals surface area contributed by atoms with E-state index in [0.717, 1.165) is 83.6 Å². The minimum absolute atomic E-state index is 0. The maximum atomic E-state index is 11.3. The van der Waals surface area contributed by atoms with Crippen LogP contribution in [0.15, 0.2) is 134 Å². The fraction of sp³-hybridized carbons (Fsp3) is 0.222. The molecule has 1 N–H and O–H groups in total. The number of pyridine rings is 1. The van der Waals surface area contributed by atoms with Crippen LogP contribution >= 0.6 is 0 Å². The standard InChI is InChI=1S/C54H52N3O.Pt/c1-33(2)40-26-41(34(3)4)28-42(27-40)38-21-22-49(36(6)25-38)57-50-15-12-14-46(52(50)56-53(57)47-13-10-11-16-51(47)58)43-29-44(31-45(30-43)54(7,8)9)48-32-39(23-24-55-48)37-19-17-35(5)18-20-37;/h10-28,30-34,58H,1-9H3;/q-1;/i33D,34D;. The largest absolute Gasteiger partial charge is 0.507 e. The number of hydrogen-bond donors (Lipinski definition) is 1. The molecule has 8 aromatic rings. The van der Waals surface area contributed by atoms with Gasteiger partial charge < -0.3 is 5.11 Å². The summed E-state index contributed by atoms with van der Waals surface area (Å²) >= 11 is 0. The zero-order valence-corrected chi connectivity index (χ0v) is 37.6. The SMILES string of the molecule is [2H]C(C)(C)c1cc(-c2ccc(-n3c(-c4ccccc4O)nc4c(-c5[c-]c(-c6cc(-c7ccc(C)cc7)ccn6)cc(C(C)(C)C)c5)cccc43)c(C)c2)cc(C([2H])(C)C)c1.[Pt]. The molecule has 0 bridgehead atoms. The van der Waals surface area contributed by atoms with Crippen LogP contribution in [0.25, 0.3) is 72.7 Å². The van der Waals surface area contributed by atoms with Gasteiger partial charge in [-0.25, -0.2) is 4.98 Å². The second-order valence-electron chi connectivity index (χ2n) is 17.0. The van der Waals surface area contributed by atoms with Crippen molar-refractivity contribution in [3.05, 3.63) is 167 Å². The second kappa shape index (κ2) is 16.6. The molecule has 2 heterocycles. The van der Waals surface area contributed by atoms with Gasteiger partial charge in [0.05, 0.1) is 22.3 Å². The first-order valence-corrected chi connectivity index (χ1v) is 20.0. The molecule has 2 aromatic heterocycles. The van der Waals surface area contributed by atoms with E-state index >= 15 is 0 Å². The monoisotopic (exact) mass is 955 g/mol. The maximum Gasteiger partial charge on any atom is 0.148 e. The molecule has 0 aliphatic carbocycles. The fourth-order valence-corrected chi connectivity index (χ4v) is 7.65. The smallest absolute Gasteiger partial charge is 0.148 e. The van der Waals surface area contributed by atoms with Crippen molar-refractivity contribution < 1.29 is 28.9 Å². The van der Waals surface area contributed by atoms with Crippen LogP contribution in [0.1, 0.15) is 90.8 Å². The van der Waals surface area contributed by atoms with Crippen LogP contribution in [-0.4, -0.2) is 19.6 Å². The van der Waals surface area contributed by atoms with E-state index in [-0.39, 0.29) is 32.2 Å². The Hall–Kier alpha value is -5.57. The topological polar surface area (TPSA) is 50.9 Å². The molecule has 59 heavy (non-hydrogen) atoms. The van der Waals surface area contributed by atoms with Crippen molar-refractivity contribution in [3.8, 4) is 67.5 Å². The number of fused-ring (bicyclic) bond motifs is 1. The van der Waals surface area contributed by atoms with Crippen molar-refractivity contribution in [3.63, 3.8) is 0 Å². The van der Waals surface area contributed by atoms with Crippen LogP contribution in [0.4, 0.5) is 0 Å². The molecule has 4 nitrogen and oxygen atoms in total.